The lowest BCUT2D eigenvalue weighted by atomic mass is 10.1. The van der Waals surface area contributed by atoms with Gasteiger partial charge in [-0.2, -0.15) is 0 Å². The average Bonchev–Trinajstić information content (AvgIpc) is 3.01. The minimum absolute atomic E-state index is 0.178. The van der Waals surface area contributed by atoms with Crippen molar-refractivity contribution in [2.75, 3.05) is 12.3 Å². The van der Waals surface area contributed by atoms with E-state index in [2.05, 4.69) is 4.98 Å². The molecule has 0 atom stereocenters. The molecule has 2 heterocycles. The van der Waals surface area contributed by atoms with Crippen molar-refractivity contribution in [2.24, 2.45) is 0 Å². The van der Waals surface area contributed by atoms with Gasteiger partial charge in [0.25, 0.3) is 0 Å². The van der Waals surface area contributed by atoms with Crippen LogP contribution in [0.25, 0.3) is 16.2 Å². The molecule has 2 aromatic heterocycles. The molecule has 0 bridgehead atoms. The van der Waals surface area contributed by atoms with Crippen molar-refractivity contribution < 1.29 is 9.53 Å². The number of nitrogens with zero attached hydrogens (tertiary/aromatic N) is 2. The highest BCUT2D eigenvalue weighted by atomic mass is 32.1. The molecule has 0 saturated carbocycles. The van der Waals surface area contributed by atoms with Crippen LogP contribution < -0.4 is 5.73 Å². The molecule has 108 valence electrons. The zero-order valence-electron chi connectivity index (χ0n) is 11.8. The SMILES string of the molecule is CCOC(=O)c1nc2scc(-c3ccc(C)cc3)n2c1N. The van der Waals surface area contributed by atoms with E-state index in [4.69, 9.17) is 10.5 Å². The third-order valence-corrected chi connectivity index (χ3v) is 4.04. The number of nitrogen functional groups attached to an aromatic ring is 1. The van der Waals surface area contributed by atoms with Crippen molar-refractivity contribution in [3.05, 3.63) is 40.9 Å². The van der Waals surface area contributed by atoms with Gasteiger partial charge in [-0.25, -0.2) is 9.78 Å². The van der Waals surface area contributed by atoms with Crippen molar-refractivity contribution in [2.45, 2.75) is 13.8 Å². The molecule has 0 amide bonds. The number of rotatable bonds is 3. The molecule has 2 N–H and O–H groups in total. The van der Waals surface area contributed by atoms with E-state index in [1.165, 1.54) is 16.9 Å². The Balaban J connectivity index is 2.13. The Kier molecular flexibility index (Phi) is 3.39. The minimum atomic E-state index is -0.485. The summed E-state index contributed by atoms with van der Waals surface area (Å²) < 4.78 is 6.77. The average molecular weight is 301 g/mol. The van der Waals surface area contributed by atoms with E-state index >= 15 is 0 Å². The van der Waals surface area contributed by atoms with E-state index in [0.29, 0.717) is 17.4 Å². The first-order valence-electron chi connectivity index (χ1n) is 6.61. The van der Waals surface area contributed by atoms with Crippen molar-refractivity contribution in [1.29, 1.82) is 0 Å². The van der Waals surface area contributed by atoms with Crippen molar-refractivity contribution in [3.8, 4) is 11.3 Å². The summed E-state index contributed by atoms with van der Waals surface area (Å²) in [7, 11) is 0. The van der Waals surface area contributed by atoms with Crippen LogP contribution in [0.15, 0.2) is 29.6 Å². The summed E-state index contributed by atoms with van der Waals surface area (Å²) in [5.74, 6) is -0.166. The van der Waals surface area contributed by atoms with Crippen molar-refractivity contribution >= 4 is 28.1 Å². The summed E-state index contributed by atoms with van der Waals surface area (Å²) in [5, 5.41) is 1.98. The maximum atomic E-state index is 11.9. The molecule has 1 aromatic carbocycles. The normalized spacial score (nSPS) is 11.0. The Labute approximate surface area is 126 Å². The Morgan fingerprint density at radius 1 is 1.38 bits per heavy atom. The number of hydrogen-bond donors (Lipinski definition) is 1. The third kappa shape index (κ3) is 2.27. The maximum absolute atomic E-state index is 11.9. The molecule has 6 heteroatoms. The summed E-state index contributed by atoms with van der Waals surface area (Å²) in [6.07, 6.45) is 0. The largest absolute Gasteiger partial charge is 0.461 e. The van der Waals surface area contributed by atoms with Crippen LogP contribution in [0, 0.1) is 6.92 Å². The second-order valence-electron chi connectivity index (χ2n) is 4.67. The zero-order chi connectivity index (χ0) is 15.0. The number of esters is 1. The van der Waals surface area contributed by atoms with Gasteiger partial charge in [0.1, 0.15) is 5.82 Å². The Hall–Kier alpha value is -2.34. The summed E-state index contributed by atoms with van der Waals surface area (Å²) >= 11 is 1.45. The second-order valence-corrected chi connectivity index (χ2v) is 5.51. The predicted molar refractivity (Wildman–Crippen MR) is 83.6 cm³/mol. The van der Waals surface area contributed by atoms with Gasteiger partial charge in [0, 0.05) is 5.38 Å². The number of imidazole rings is 1. The predicted octanol–water partition coefficient (Wildman–Crippen LogP) is 3.13. The molecule has 0 spiro atoms. The highest BCUT2D eigenvalue weighted by Gasteiger charge is 2.21. The van der Waals surface area contributed by atoms with Crippen molar-refractivity contribution in [3.63, 3.8) is 0 Å². The van der Waals surface area contributed by atoms with Gasteiger partial charge in [0.15, 0.2) is 10.7 Å². The van der Waals surface area contributed by atoms with Crippen LogP contribution in [0.5, 0.6) is 0 Å². The number of thiazole rings is 1. The highest BCUT2D eigenvalue weighted by molar-refractivity contribution is 7.15. The highest BCUT2D eigenvalue weighted by Crippen LogP contribution is 2.30. The summed E-state index contributed by atoms with van der Waals surface area (Å²) in [6.45, 7) is 4.09. The lowest BCUT2D eigenvalue weighted by Gasteiger charge is -2.03. The van der Waals surface area contributed by atoms with Crippen LogP contribution in [0.2, 0.25) is 0 Å². The molecular formula is C15H15N3O2S. The van der Waals surface area contributed by atoms with Gasteiger partial charge in [-0.05, 0) is 19.4 Å². The molecule has 0 unspecified atom stereocenters. The molecule has 0 aliphatic heterocycles. The number of aryl methyl sites for hydroxylation is 1. The second kappa shape index (κ2) is 5.21. The number of aromatic nitrogens is 2. The van der Waals surface area contributed by atoms with Crippen LogP contribution in [-0.4, -0.2) is 22.0 Å². The minimum Gasteiger partial charge on any atom is -0.461 e. The number of anilines is 1. The molecular weight excluding hydrogens is 286 g/mol. The van der Waals surface area contributed by atoms with Crippen LogP contribution in [0.4, 0.5) is 5.82 Å². The molecule has 0 fully saturated rings. The maximum Gasteiger partial charge on any atom is 0.360 e. The van der Waals surface area contributed by atoms with E-state index in [-0.39, 0.29) is 5.69 Å². The van der Waals surface area contributed by atoms with E-state index in [0.717, 1.165) is 11.3 Å². The molecule has 3 rings (SSSR count). The van der Waals surface area contributed by atoms with Gasteiger partial charge >= 0.3 is 5.97 Å². The lowest BCUT2D eigenvalue weighted by Crippen LogP contribution is -2.08. The number of nitrogens with two attached hydrogens (primary N) is 1. The molecule has 0 aliphatic carbocycles. The van der Waals surface area contributed by atoms with Crippen LogP contribution in [-0.2, 0) is 4.74 Å². The molecule has 0 aliphatic rings. The third-order valence-electron chi connectivity index (χ3n) is 3.22. The fourth-order valence-corrected chi connectivity index (χ4v) is 3.06. The smallest absolute Gasteiger partial charge is 0.360 e. The van der Waals surface area contributed by atoms with Crippen LogP contribution in [0.1, 0.15) is 23.0 Å². The molecule has 0 radical (unpaired) electrons. The Morgan fingerprint density at radius 3 is 2.76 bits per heavy atom. The number of benzene rings is 1. The fraction of sp³-hybridized carbons (Fsp3) is 0.200. The monoisotopic (exact) mass is 301 g/mol. The zero-order valence-corrected chi connectivity index (χ0v) is 12.6. The number of fused-ring (bicyclic) bond motifs is 1. The number of ether oxygens (including phenoxy) is 1. The van der Waals surface area contributed by atoms with Gasteiger partial charge in [0.05, 0.1) is 12.3 Å². The summed E-state index contributed by atoms with van der Waals surface area (Å²) in [5.41, 5.74) is 9.42. The molecule has 3 aromatic rings. The fourth-order valence-electron chi connectivity index (χ4n) is 2.16. The topological polar surface area (TPSA) is 69.6 Å². The molecule has 0 saturated heterocycles. The standard InChI is InChI=1S/C15H15N3O2S/c1-3-20-14(19)12-13(16)18-11(8-21-15(18)17-12)10-6-4-9(2)5-7-10/h4-8H,3,16H2,1-2H3. The van der Waals surface area contributed by atoms with Gasteiger partial charge in [-0.1, -0.05) is 29.8 Å². The Morgan fingerprint density at radius 2 is 2.10 bits per heavy atom. The van der Waals surface area contributed by atoms with Gasteiger partial charge in [0.2, 0.25) is 0 Å². The van der Waals surface area contributed by atoms with Crippen LogP contribution >= 0.6 is 11.3 Å². The van der Waals surface area contributed by atoms with E-state index in [1.54, 1.807) is 11.3 Å². The molecule has 21 heavy (non-hydrogen) atoms. The Bertz CT molecular complexity index is 802. The number of hydrogen-bond acceptors (Lipinski definition) is 5. The van der Waals surface area contributed by atoms with Gasteiger partial charge < -0.3 is 10.5 Å². The summed E-state index contributed by atoms with van der Waals surface area (Å²) in [4.78, 5) is 16.8. The van der Waals surface area contributed by atoms with Gasteiger partial charge in [-0.3, -0.25) is 4.40 Å². The first-order chi connectivity index (χ1) is 10.1. The van der Waals surface area contributed by atoms with E-state index in [9.17, 15) is 4.79 Å². The summed E-state index contributed by atoms with van der Waals surface area (Å²) in [6, 6.07) is 8.14. The van der Waals surface area contributed by atoms with Crippen LogP contribution in [0.3, 0.4) is 0 Å². The van der Waals surface area contributed by atoms with E-state index < -0.39 is 5.97 Å². The lowest BCUT2D eigenvalue weighted by molar-refractivity contribution is 0.0521. The van der Waals surface area contributed by atoms with E-state index in [1.807, 2.05) is 36.6 Å². The quantitative estimate of drug-likeness (QED) is 0.755. The van der Waals surface area contributed by atoms with Crippen molar-refractivity contribution in [1.82, 2.24) is 9.38 Å². The molecule has 5 nitrogen and oxygen atoms in total. The number of carbonyl (C=O) groups is 1. The van der Waals surface area contributed by atoms with Gasteiger partial charge in [-0.15, -0.1) is 11.3 Å². The first kappa shape index (κ1) is 13.6. The number of carbonyl (C=O) groups excluding carboxylic acids is 1. The first-order valence-corrected chi connectivity index (χ1v) is 7.49.